The van der Waals surface area contributed by atoms with Gasteiger partial charge in [-0.2, -0.15) is 0 Å². The Hall–Kier alpha value is -0.0800. The van der Waals surface area contributed by atoms with Crippen LogP contribution in [0.4, 0.5) is 0 Å². The highest BCUT2D eigenvalue weighted by atomic mass is 16.5. The lowest BCUT2D eigenvalue weighted by Gasteiger charge is -2.33. The first kappa shape index (κ1) is 13.4. The van der Waals surface area contributed by atoms with Gasteiger partial charge in [0.1, 0.15) is 0 Å². The molecule has 2 aliphatic rings. The minimum absolute atomic E-state index is 0.527. The average molecular weight is 239 g/mol. The molecule has 0 aromatic carbocycles. The monoisotopic (exact) mass is 239 g/mol. The second-order valence-electron chi connectivity index (χ2n) is 6.15. The van der Waals surface area contributed by atoms with E-state index in [1.54, 1.807) is 0 Å². The van der Waals surface area contributed by atoms with E-state index in [2.05, 4.69) is 12.2 Å². The Kier molecular flexibility index (Phi) is 4.87. The molecule has 0 bridgehead atoms. The van der Waals surface area contributed by atoms with E-state index in [1.807, 2.05) is 7.11 Å². The quantitative estimate of drug-likeness (QED) is 0.793. The van der Waals surface area contributed by atoms with E-state index < -0.39 is 0 Å². The second kappa shape index (κ2) is 6.19. The molecule has 0 aromatic heterocycles. The van der Waals surface area contributed by atoms with Crippen LogP contribution in [-0.2, 0) is 4.74 Å². The van der Waals surface area contributed by atoms with Crippen molar-refractivity contribution in [3.63, 3.8) is 0 Å². The lowest BCUT2D eigenvalue weighted by molar-refractivity contribution is 0.0608. The minimum atomic E-state index is 0.527. The normalized spacial score (nSPS) is 32.8. The van der Waals surface area contributed by atoms with Crippen molar-refractivity contribution in [1.82, 2.24) is 5.32 Å². The summed E-state index contributed by atoms with van der Waals surface area (Å²) in [6.45, 7) is 3.63. The van der Waals surface area contributed by atoms with Crippen LogP contribution < -0.4 is 5.32 Å². The fourth-order valence-electron chi connectivity index (χ4n) is 3.64. The number of nitrogens with one attached hydrogen (secondary N) is 1. The molecule has 1 N–H and O–H groups in total. The summed E-state index contributed by atoms with van der Waals surface area (Å²) in [5.41, 5.74) is 0.637. The maximum absolute atomic E-state index is 5.43. The zero-order chi connectivity index (χ0) is 12.1. The summed E-state index contributed by atoms with van der Waals surface area (Å²) in [6.07, 6.45) is 12.8. The molecule has 0 saturated heterocycles. The Balaban J connectivity index is 1.71. The van der Waals surface area contributed by atoms with E-state index in [4.69, 9.17) is 4.74 Å². The van der Waals surface area contributed by atoms with Crippen molar-refractivity contribution in [1.29, 1.82) is 0 Å². The predicted molar refractivity (Wildman–Crippen MR) is 72.2 cm³/mol. The Morgan fingerprint density at radius 1 is 1.12 bits per heavy atom. The van der Waals surface area contributed by atoms with Gasteiger partial charge in [0.05, 0.1) is 6.10 Å². The maximum atomic E-state index is 5.43. The van der Waals surface area contributed by atoms with E-state index in [-0.39, 0.29) is 0 Å². The van der Waals surface area contributed by atoms with Crippen LogP contribution in [0.15, 0.2) is 0 Å². The van der Waals surface area contributed by atoms with Crippen LogP contribution >= 0.6 is 0 Å². The smallest absolute Gasteiger partial charge is 0.0572 e. The van der Waals surface area contributed by atoms with E-state index >= 15 is 0 Å². The summed E-state index contributed by atoms with van der Waals surface area (Å²) >= 11 is 0. The van der Waals surface area contributed by atoms with Crippen molar-refractivity contribution in [2.24, 2.45) is 5.41 Å². The molecule has 0 atom stereocenters. The van der Waals surface area contributed by atoms with E-state index in [1.165, 1.54) is 64.3 Å². The first-order chi connectivity index (χ1) is 8.28. The zero-order valence-corrected chi connectivity index (χ0v) is 11.6. The molecule has 0 radical (unpaired) electrons. The zero-order valence-electron chi connectivity index (χ0n) is 11.6. The van der Waals surface area contributed by atoms with Crippen molar-refractivity contribution in [3.05, 3.63) is 0 Å². The molecule has 2 rings (SSSR count). The van der Waals surface area contributed by atoms with Crippen LogP contribution in [0.3, 0.4) is 0 Å². The molecular weight excluding hydrogens is 210 g/mol. The first-order valence-corrected chi connectivity index (χ1v) is 7.54. The van der Waals surface area contributed by atoms with E-state index in [9.17, 15) is 0 Å². The summed E-state index contributed by atoms with van der Waals surface area (Å²) in [7, 11) is 1.85. The van der Waals surface area contributed by atoms with Crippen LogP contribution in [0, 0.1) is 5.41 Å². The maximum Gasteiger partial charge on any atom is 0.0572 e. The summed E-state index contributed by atoms with van der Waals surface area (Å²) in [4.78, 5) is 0. The van der Waals surface area contributed by atoms with Crippen molar-refractivity contribution in [3.8, 4) is 0 Å². The van der Waals surface area contributed by atoms with Gasteiger partial charge in [0, 0.05) is 19.7 Å². The number of hydrogen-bond acceptors (Lipinski definition) is 2. The highest BCUT2D eigenvalue weighted by Gasteiger charge is 2.32. The lowest BCUT2D eigenvalue weighted by Crippen LogP contribution is -2.41. The molecule has 2 saturated carbocycles. The van der Waals surface area contributed by atoms with Crippen molar-refractivity contribution >= 4 is 0 Å². The Bertz CT molecular complexity index is 215. The number of ether oxygens (including phenoxy) is 1. The standard InChI is InChI=1S/C15H29NO/c1-3-15(10-4-5-11-15)12-16-13-6-8-14(17-2)9-7-13/h13-14,16H,3-12H2,1-2H3. The first-order valence-electron chi connectivity index (χ1n) is 7.54. The van der Waals surface area contributed by atoms with E-state index in [0.717, 1.165) is 6.04 Å². The van der Waals surface area contributed by atoms with Gasteiger partial charge in [0.25, 0.3) is 0 Å². The third-order valence-corrected chi connectivity index (χ3v) is 5.19. The Morgan fingerprint density at radius 2 is 1.76 bits per heavy atom. The van der Waals surface area contributed by atoms with Gasteiger partial charge < -0.3 is 10.1 Å². The average Bonchev–Trinajstić information content (AvgIpc) is 2.86. The summed E-state index contributed by atoms with van der Waals surface area (Å²) in [5.74, 6) is 0. The molecule has 0 unspecified atom stereocenters. The van der Waals surface area contributed by atoms with Gasteiger partial charge in [0.15, 0.2) is 0 Å². The van der Waals surface area contributed by atoms with Crippen LogP contribution in [0.1, 0.15) is 64.7 Å². The largest absolute Gasteiger partial charge is 0.381 e. The number of rotatable bonds is 5. The van der Waals surface area contributed by atoms with Gasteiger partial charge in [-0.1, -0.05) is 19.8 Å². The third-order valence-electron chi connectivity index (χ3n) is 5.19. The van der Waals surface area contributed by atoms with Gasteiger partial charge >= 0.3 is 0 Å². The van der Waals surface area contributed by atoms with Crippen LogP contribution in [0.2, 0.25) is 0 Å². The van der Waals surface area contributed by atoms with Crippen molar-refractivity contribution in [2.45, 2.75) is 76.9 Å². The topological polar surface area (TPSA) is 21.3 Å². The highest BCUT2D eigenvalue weighted by molar-refractivity contribution is 4.87. The van der Waals surface area contributed by atoms with E-state index in [0.29, 0.717) is 11.5 Å². The second-order valence-corrected chi connectivity index (χ2v) is 6.15. The molecule has 2 nitrogen and oxygen atoms in total. The molecule has 0 aliphatic heterocycles. The van der Waals surface area contributed by atoms with Gasteiger partial charge in [-0.15, -0.1) is 0 Å². The predicted octanol–water partition coefficient (Wildman–Crippen LogP) is 3.50. The molecule has 2 heteroatoms. The fraction of sp³-hybridized carbons (Fsp3) is 1.00. The van der Waals surface area contributed by atoms with Crippen LogP contribution in [-0.4, -0.2) is 25.8 Å². The molecule has 0 aromatic rings. The van der Waals surface area contributed by atoms with Crippen molar-refractivity contribution in [2.75, 3.05) is 13.7 Å². The van der Waals surface area contributed by atoms with Gasteiger partial charge in [-0.25, -0.2) is 0 Å². The molecular formula is C15H29NO. The molecule has 100 valence electrons. The third kappa shape index (κ3) is 3.45. The fourth-order valence-corrected chi connectivity index (χ4v) is 3.64. The molecule has 2 aliphatic carbocycles. The van der Waals surface area contributed by atoms with Gasteiger partial charge in [0.2, 0.25) is 0 Å². The highest BCUT2D eigenvalue weighted by Crippen LogP contribution is 2.40. The van der Waals surface area contributed by atoms with Gasteiger partial charge in [-0.05, 0) is 50.4 Å². The Labute approximate surface area is 107 Å². The summed E-state index contributed by atoms with van der Waals surface area (Å²) in [6, 6.07) is 0.755. The Morgan fingerprint density at radius 3 is 2.29 bits per heavy atom. The molecule has 0 amide bonds. The molecule has 0 spiro atoms. The summed E-state index contributed by atoms with van der Waals surface area (Å²) < 4.78 is 5.43. The number of hydrogen-bond donors (Lipinski definition) is 1. The number of methoxy groups -OCH3 is 1. The summed E-state index contributed by atoms with van der Waals surface area (Å²) in [5, 5.41) is 3.84. The van der Waals surface area contributed by atoms with Gasteiger partial charge in [-0.3, -0.25) is 0 Å². The molecule has 0 heterocycles. The SMILES string of the molecule is CCC1(CNC2CCC(OC)CC2)CCCC1. The van der Waals surface area contributed by atoms with Crippen molar-refractivity contribution < 1.29 is 4.74 Å². The minimum Gasteiger partial charge on any atom is -0.381 e. The van der Waals surface area contributed by atoms with Crippen LogP contribution in [0.5, 0.6) is 0 Å². The van der Waals surface area contributed by atoms with Crippen LogP contribution in [0.25, 0.3) is 0 Å². The molecule has 17 heavy (non-hydrogen) atoms. The lowest BCUT2D eigenvalue weighted by atomic mass is 9.82. The molecule has 2 fully saturated rings.